The quantitative estimate of drug-likeness (QED) is 0.685. The summed E-state index contributed by atoms with van der Waals surface area (Å²) in [5.74, 6) is 0.347. The number of aliphatic hydroxyl groups excluding tert-OH is 1. The summed E-state index contributed by atoms with van der Waals surface area (Å²) in [7, 11) is 0. The largest absolute Gasteiger partial charge is 0.392 e. The summed E-state index contributed by atoms with van der Waals surface area (Å²) in [6.07, 6.45) is 5.63. The second kappa shape index (κ2) is 4.48. The zero-order chi connectivity index (χ0) is 10.8. The van der Waals surface area contributed by atoms with E-state index in [0.717, 1.165) is 18.4 Å². The van der Waals surface area contributed by atoms with E-state index in [1.165, 1.54) is 19.3 Å². The molecule has 82 valence electrons. The van der Waals surface area contributed by atoms with Crippen LogP contribution < -0.4 is 0 Å². The third-order valence-corrected chi connectivity index (χ3v) is 3.71. The molecule has 0 spiro atoms. The average molecular weight is 196 g/mol. The van der Waals surface area contributed by atoms with Crippen LogP contribution in [0.2, 0.25) is 0 Å². The standard InChI is InChI=1S/C13H24O/c1-5-7-13(4)8-6-11(10(2)3)12(14)9-13/h11-12,14H,2,5-9H2,1,3-4H3. The first kappa shape index (κ1) is 11.8. The Morgan fingerprint density at radius 1 is 1.57 bits per heavy atom. The van der Waals surface area contributed by atoms with Gasteiger partial charge in [0.15, 0.2) is 0 Å². The Balaban J connectivity index is 2.58. The lowest BCUT2D eigenvalue weighted by Crippen LogP contribution is -2.35. The Hall–Kier alpha value is -0.300. The van der Waals surface area contributed by atoms with Crippen LogP contribution in [0.25, 0.3) is 0 Å². The summed E-state index contributed by atoms with van der Waals surface area (Å²) in [6.45, 7) is 10.5. The van der Waals surface area contributed by atoms with E-state index in [4.69, 9.17) is 0 Å². The highest BCUT2D eigenvalue weighted by Crippen LogP contribution is 2.43. The molecule has 3 atom stereocenters. The molecule has 0 saturated heterocycles. The summed E-state index contributed by atoms with van der Waals surface area (Å²) in [5, 5.41) is 10.0. The van der Waals surface area contributed by atoms with Gasteiger partial charge in [0.05, 0.1) is 6.10 Å². The highest BCUT2D eigenvalue weighted by atomic mass is 16.3. The van der Waals surface area contributed by atoms with Crippen molar-refractivity contribution >= 4 is 0 Å². The van der Waals surface area contributed by atoms with Gasteiger partial charge < -0.3 is 5.11 Å². The lowest BCUT2D eigenvalue weighted by atomic mass is 9.67. The van der Waals surface area contributed by atoms with Crippen LogP contribution >= 0.6 is 0 Å². The van der Waals surface area contributed by atoms with Gasteiger partial charge in [-0.1, -0.05) is 32.4 Å². The summed E-state index contributed by atoms with van der Waals surface area (Å²) in [5.41, 5.74) is 1.52. The predicted molar refractivity (Wildman–Crippen MR) is 61.2 cm³/mol. The molecule has 14 heavy (non-hydrogen) atoms. The van der Waals surface area contributed by atoms with Crippen molar-refractivity contribution < 1.29 is 5.11 Å². The first-order chi connectivity index (χ1) is 6.48. The van der Waals surface area contributed by atoms with Crippen LogP contribution in [0, 0.1) is 11.3 Å². The number of hydrogen-bond donors (Lipinski definition) is 1. The normalized spacial score (nSPS) is 38.3. The lowest BCUT2D eigenvalue weighted by Gasteiger charge is -2.41. The fourth-order valence-electron chi connectivity index (χ4n) is 2.85. The molecule has 1 aliphatic carbocycles. The fraction of sp³-hybridized carbons (Fsp3) is 0.846. The average Bonchev–Trinajstić information content (AvgIpc) is 2.02. The lowest BCUT2D eigenvalue weighted by molar-refractivity contribution is 0.0180. The van der Waals surface area contributed by atoms with Gasteiger partial charge in [-0.15, -0.1) is 0 Å². The van der Waals surface area contributed by atoms with E-state index >= 15 is 0 Å². The monoisotopic (exact) mass is 196 g/mol. The Labute approximate surface area is 88.2 Å². The van der Waals surface area contributed by atoms with Crippen molar-refractivity contribution in [3.05, 3.63) is 12.2 Å². The van der Waals surface area contributed by atoms with Gasteiger partial charge in [0.25, 0.3) is 0 Å². The molecule has 0 aromatic heterocycles. The van der Waals surface area contributed by atoms with Crippen molar-refractivity contribution in [1.82, 2.24) is 0 Å². The number of aliphatic hydroxyl groups is 1. The SMILES string of the molecule is C=C(C)C1CCC(C)(CCC)CC1O. The molecule has 0 amide bonds. The molecule has 0 aliphatic heterocycles. The highest BCUT2D eigenvalue weighted by molar-refractivity contribution is 5.03. The maximum Gasteiger partial charge on any atom is 0.0610 e. The Kier molecular flexibility index (Phi) is 3.77. The smallest absolute Gasteiger partial charge is 0.0610 e. The van der Waals surface area contributed by atoms with Gasteiger partial charge in [-0.05, 0) is 38.0 Å². The van der Waals surface area contributed by atoms with Crippen LogP contribution in [0.15, 0.2) is 12.2 Å². The van der Waals surface area contributed by atoms with Crippen molar-refractivity contribution in [3.8, 4) is 0 Å². The van der Waals surface area contributed by atoms with Gasteiger partial charge in [-0.3, -0.25) is 0 Å². The number of rotatable bonds is 3. The molecule has 1 N–H and O–H groups in total. The van der Waals surface area contributed by atoms with Gasteiger partial charge in [0.1, 0.15) is 0 Å². The molecule has 1 rings (SSSR count). The molecule has 3 unspecified atom stereocenters. The molecule has 0 heterocycles. The van der Waals surface area contributed by atoms with Crippen LogP contribution in [0.3, 0.4) is 0 Å². The van der Waals surface area contributed by atoms with Crippen molar-refractivity contribution in [2.75, 3.05) is 0 Å². The molecule has 0 aromatic rings. The van der Waals surface area contributed by atoms with E-state index in [2.05, 4.69) is 20.4 Å². The Morgan fingerprint density at radius 3 is 2.64 bits per heavy atom. The highest BCUT2D eigenvalue weighted by Gasteiger charge is 2.36. The molecule has 0 bridgehead atoms. The topological polar surface area (TPSA) is 20.2 Å². The molecule has 1 heteroatoms. The van der Waals surface area contributed by atoms with Crippen LogP contribution in [-0.4, -0.2) is 11.2 Å². The van der Waals surface area contributed by atoms with E-state index < -0.39 is 0 Å². The van der Waals surface area contributed by atoms with Crippen molar-refractivity contribution in [1.29, 1.82) is 0 Å². The molecule has 1 nitrogen and oxygen atoms in total. The van der Waals surface area contributed by atoms with Gasteiger partial charge in [-0.2, -0.15) is 0 Å². The van der Waals surface area contributed by atoms with Gasteiger partial charge in [0.2, 0.25) is 0 Å². The van der Waals surface area contributed by atoms with Gasteiger partial charge in [-0.25, -0.2) is 0 Å². The van der Waals surface area contributed by atoms with Crippen LogP contribution in [0.1, 0.15) is 52.9 Å². The third-order valence-electron chi connectivity index (χ3n) is 3.71. The van der Waals surface area contributed by atoms with Gasteiger partial charge >= 0.3 is 0 Å². The van der Waals surface area contributed by atoms with Crippen LogP contribution in [0.5, 0.6) is 0 Å². The van der Waals surface area contributed by atoms with Crippen molar-refractivity contribution in [2.24, 2.45) is 11.3 Å². The Morgan fingerprint density at radius 2 is 2.21 bits per heavy atom. The minimum atomic E-state index is -0.155. The van der Waals surface area contributed by atoms with E-state index in [1.807, 2.05) is 6.92 Å². The van der Waals surface area contributed by atoms with E-state index in [1.54, 1.807) is 0 Å². The molecular weight excluding hydrogens is 172 g/mol. The van der Waals surface area contributed by atoms with Crippen LogP contribution in [0.4, 0.5) is 0 Å². The predicted octanol–water partition coefficient (Wildman–Crippen LogP) is 3.53. The zero-order valence-corrected chi connectivity index (χ0v) is 9.84. The maximum absolute atomic E-state index is 10.0. The molecule has 1 fully saturated rings. The minimum absolute atomic E-state index is 0.155. The fourth-order valence-corrected chi connectivity index (χ4v) is 2.85. The summed E-state index contributed by atoms with van der Waals surface area (Å²) < 4.78 is 0. The Bertz CT molecular complexity index is 209. The molecule has 1 saturated carbocycles. The summed E-state index contributed by atoms with van der Waals surface area (Å²) >= 11 is 0. The van der Waals surface area contributed by atoms with Crippen LogP contribution in [-0.2, 0) is 0 Å². The van der Waals surface area contributed by atoms with E-state index in [9.17, 15) is 5.11 Å². The first-order valence-electron chi connectivity index (χ1n) is 5.82. The molecule has 0 aromatic carbocycles. The zero-order valence-electron chi connectivity index (χ0n) is 9.84. The van der Waals surface area contributed by atoms with Gasteiger partial charge in [0, 0.05) is 5.92 Å². The van der Waals surface area contributed by atoms with Crippen molar-refractivity contribution in [3.63, 3.8) is 0 Å². The third kappa shape index (κ3) is 2.60. The molecular formula is C13H24O. The first-order valence-corrected chi connectivity index (χ1v) is 5.82. The van der Waals surface area contributed by atoms with Crippen molar-refractivity contribution in [2.45, 2.75) is 59.0 Å². The summed E-state index contributed by atoms with van der Waals surface area (Å²) in [6, 6.07) is 0. The summed E-state index contributed by atoms with van der Waals surface area (Å²) in [4.78, 5) is 0. The van der Waals surface area contributed by atoms with E-state index in [-0.39, 0.29) is 6.10 Å². The maximum atomic E-state index is 10.0. The molecule has 1 aliphatic rings. The second-order valence-electron chi connectivity index (χ2n) is 5.32. The second-order valence-corrected chi connectivity index (χ2v) is 5.32. The number of hydrogen-bond acceptors (Lipinski definition) is 1. The minimum Gasteiger partial charge on any atom is -0.392 e. The van der Waals surface area contributed by atoms with E-state index in [0.29, 0.717) is 11.3 Å². The molecule has 0 radical (unpaired) electrons.